The van der Waals surface area contributed by atoms with Crippen molar-refractivity contribution in [2.45, 2.75) is 39.7 Å². The van der Waals surface area contributed by atoms with Gasteiger partial charge in [-0.05, 0) is 61.9 Å². The summed E-state index contributed by atoms with van der Waals surface area (Å²) in [5, 5.41) is 5.06. The maximum absolute atomic E-state index is 5.50. The second kappa shape index (κ2) is 10.7. The molecule has 0 N–H and O–H groups in total. The first kappa shape index (κ1) is 25.0. The maximum Gasteiger partial charge on any atom is 0.165 e. The van der Waals surface area contributed by atoms with Crippen LogP contribution in [0.3, 0.4) is 0 Å². The average molecular weight is 493 g/mol. The van der Waals surface area contributed by atoms with Gasteiger partial charge in [0.2, 0.25) is 0 Å². The highest BCUT2D eigenvalue weighted by molar-refractivity contribution is 5.85. The molecule has 0 bridgehead atoms. The monoisotopic (exact) mass is 492 g/mol. The molecule has 0 fully saturated rings. The SMILES string of the molecule is COCCN(Cc1ccccc1)c1c2c(nc3c(-c4ccc(OC)cc4C)c(C)nn13)CCC2.Cl. The molecule has 4 aromatic rings. The Bertz CT molecular complexity index is 1320. The van der Waals surface area contributed by atoms with Gasteiger partial charge >= 0.3 is 0 Å². The fourth-order valence-corrected chi connectivity index (χ4v) is 5.06. The van der Waals surface area contributed by atoms with E-state index in [0.717, 1.165) is 72.0 Å². The van der Waals surface area contributed by atoms with Crippen molar-refractivity contribution in [2.75, 3.05) is 32.3 Å². The molecule has 5 rings (SSSR count). The molecule has 1 aliphatic carbocycles. The number of aromatic nitrogens is 3. The summed E-state index contributed by atoms with van der Waals surface area (Å²) in [6.45, 7) is 6.43. The van der Waals surface area contributed by atoms with Gasteiger partial charge in [0.25, 0.3) is 0 Å². The van der Waals surface area contributed by atoms with Crippen LogP contribution in [0.25, 0.3) is 16.8 Å². The van der Waals surface area contributed by atoms with Crippen molar-refractivity contribution in [2.24, 2.45) is 0 Å². The lowest BCUT2D eigenvalue weighted by molar-refractivity contribution is 0.204. The van der Waals surface area contributed by atoms with E-state index in [1.807, 2.05) is 6.07 Å². The molecule has 6 nitrogen and oxygen atoms in total. The Morgan fingerprint density at radius 3 is 2.54 bits per heavy atom. The minimum atomic E-state index is 0. The molecule has 7 heteroatoms. The van der Waals surface area contributed by atoms with E-state index in [1.54, 1.807) is 14.2 Å². The third-order valence-electron chi connectivity index (χ3n) is 6.72. The highest BCUT2D eigenvalue weighted by atomic mass is 35.5. The molecule has 2 aromatic heterocycles. The van der Waals surface area contributed by atoms with Gasteiger partial charge < -0.3 is 14.4 Å². The largest absolute Gasteiger partial charge is 0.497 e. The van der Waals surface area contributed by atoms with Crippen LogP contribution in [0.5, 0.6) is 5.75 Å². The predicted octanol–water partition coefficient (Wildman–Crippen LogP) is 5.59. The van der Waals surface area contributed by atoms with Gasteiger partial charge in [0, 0.05) is 37.0 Å². The average Bonchev–Trinajstić information content (AvgIpc) is 3.44. The summed E-state index contributed by atoms with van der Waals surface area (Å²) < 4.78 is 13.0. The molecule has 1 aliphatic rings. The zero-order chi connectivity index (χ0) is 23.7. The standard InChI is InChI=1S/C28H32N4O2.ClH/c1-19-17-22(34-4)13-14-23(19)26-20(2)30-32-27(26)29-25-12-8-11-24(25)28(32)31(15-16-33-3)18-21-9-6-5-7-10-21;/h5-7,9-10,13-14,17H,8,11-12,15-16,18H2,1-4H3;1H. The number of benzene rings is 2. The first-order valence-electron chi connectivity index (χ1n) is 11.9. The van der Waals surface area contributed by atoms with Crippen LogP contribution in [-0.4, -0.2) is 42.0 Å². The van der Waals surface area contributed by atoms with E-state index in [2.05, 4.69) is 65.7 Å². The van der Waals surface area contributed by atoms with Crippen molar-refractivity contribution in [3.05, 3.63) is 76.6 Å². The van der Waals surface area contributed by atoms with Crippen molar-refractivity contribution >= 4 is 23.9 Å². The summed E-state index contributed by atoms with van der Waals surface area (Å²) in [5.41, 5.74) is 9.10. The van der Waals surface area contributed by atoms with E-state index >= 15 is 0 Å². The third kappa shape index (κ3) is 4.73. The molecule has 0 saturated heterocycles. The molecule has 0 unspecified atom stereocenters. The van der Waals surface area contributed by atoms with Crippen LogP contribution in [0.1, 0.15) is 34.5 Å². The van der Waals surface area contributed by atoms with Gasteiger partial charge in [-0.25, -0.2) is 4.98 Å². The Kier molecular flexibility index (Phi) is 7.63. The fourth-order valence-electron chi connectivity index (χ4n) is 5.06. The topological polar surface area (TPSA) is 51.9 Å². The van der Waals surface area contributed by atoms with Crippen LogP contribution in [0.4, 0.5) is 5.82 Å². The molecule has 0 amide bonds. The first-order chi connectivity index (χ1) is 16.6. The minimum Gasteiger partial charge on any atom is -0.497 e. The van der Waals surface area contributed by atoms with Crippen molar-refractivity contribution in [3.8, 4) is 16.9 Å². The molecule has 0 atom stereocenters. The molecule has 0 saturated carbocycles. The quantitative estimate of drug-likeness (QED) is 0.321. The van der Waals surface area contributed by atoms with E-state index in [1.165, 1.54) is 16.8 Å². The van der Waals surface area contributed by atoms with E-state index in [9.17, 15) is 0 Å². The second-order valence-corrected chi connectivity index (χ2v) is 8.99. The van der Waals surface area contributed by atoms with Crippen LogP contribution in [0.2, 0.25) is 0 Å². The van der Waals surface area contributed by atoms with Crippen molar-refractivity contribution in [1.29, 1.82) is 0 Å². The van der Waals surface area contributed by atoms with Gasteiger partial charge in [0.1, 0.15) is 11.6 Å². The number of nitrogens with zero attached hydrogens (tertiary/aromatic N) is 4. The highest BCUT2D eigenvalue weighted by Gasteiger charge is 2.27. The lowest BCUT2D eigenvalue weighted by Gasteiger charge is -2.27. The maximum atomic E-state index is 5.50. The van der Waals surface area contributed by atoms with E-state index < -0.39 is 0 Å². The summed E-state index contributed by atoms with van der Waals surface area (Å²) in [5.74, 6) is 2.01. The Morgan fingerprint density at radius 2 is 1.83 bits per heavy atom. The van der Waals surface area contributed by atoms with E-state index in [4.69, 9.17) is 19.6 Å². The molecule has 0 radical (unpaired) electrons. The fraction of sp³-hybridized carbons (Fsp3) is 0.357. The summed E-state index contributed by atoms with van der Waals surface area (Å²) in [6, 6.07) is 16.8. The van der Waals surface area contributed by atoms with Gasteiger partial charge in [0.05, 0.1) is 19.4 Å². The number of anilines is 1. The minimum absolute atomic E-state index is 0. The smallest absolute Gasteiger partial charge is 0.165 e. The van der Waals surface area contributed by atoms with E-state index in [-0.39, 0.29) is 12.4 Å². The number of rotatable bonds is 8. The van der Waals surface area contributed by atoms with E-state index in [0.29, 0.717) is 6.61 Å². The molecule has 2 heterocycles. The number of hydrogen-bond acceptors (Lipinski definition) is 5. The number of ether oxygens (including phenoxy) is 2. The highest BCUT2D eigenvalue weighted by Crippen LogP contribution is 2.38. The predicted molar refractivity (Wildman–Crippen MR) is 143 cm³/mol. The zero-order valence-corrected chi connectivity index (χ0v) is 21.7. The Morgan fingerprint density at radius 1 is 1.03 bits per heavy atom. The van der Waals surface area contributed by atoms with Gasteiger partial charge in [0.15, 0.2) is 5.65 Å². The van der Waals surface area contributed by atoms with Crippen molar-refractivity contribution in [3.63, 3.8) is 0 Å². The van der Waals surface area contributed by atoms with Gasteiger partial charge in [-0.2, -0.15) is 9.61 Å². The number of hydrogen-bond donors (Lipinski definition) is 0. The van der Waals surface area contributed by atoms with Crippen molar-refractivity contribution < 1.29 is 9.47 Å². The Balaban J connectivity index is 0.00000289. The normalized spacial score (nSPS) is 12.5. The lowest BCUT2D eigenvalue weighted by atomic mass is 10.0. The molecule has 0 spiro atoms. The number of halogens is 1. The van der Waals surface area contributed by atoms with Crippen LogP contribution in [-0.2, 0) is 24.1 Å². The number of fused-ring (bicyclic) bond motifs is 2. The third-order valence-corrected chi connectivity index (χ3v) is 6.72. The Hall–Kier alpha value is -3.09. The Labute approximate surface area is 213 Å². The van der Waals surface area contributed by atoms with Gasteiger partial charge in [-0.15, -0.1) is 12.4 Å². The molecule has 2 aromatic carbocycles. The lowest BCUT2D eigenvalue weighted by Crippen LogP contribution is -2.30. The van der Waals surface area contributed by atoms with Crippen LogP contribution >= 0.6 is 12.4 Å². The molecule has 184 valence electrons. The summed E-state index contributed by atoms with van der Waals surface area (Å²) in [6.07, 6.45) is 3.16. The molecule has 35 heavy (non-hydrogen) atoms. The second-order valence-electron chi connectivity index (χ2n) is 8.99. The number of aryl methyl sites for hydroxylation is 3. The summed E-state index contributed by atoms with van der Waals surface area (Å²) in [4.78, 5) is 7.59. The number of methoxy groups -OCH3 is 2. The van der Waals surface area contributed by atoms with Crippen LogP contribution in [0, 0.1) is 13.8 Å². The summed E-state index contributed by atoms with van der Waals surface area (Å²) >= 11 is 0. The van der Waals surface area contributed by atoms with Crippen molar-refractivity contribution in [1.82, 2.24) is 14.6 Å². The summed E-state index contributed by atoms with van der Waals surface area (Å²) in [7, 11) is 3.46. The van der Waals surface area contributed by atoms with Gasteiger partial charge in [-0.3, -0.25) is 0 Å². The van der Waals surface area contributed by atoms with Crippen LogP contribution < -0.4 is 9.64 Å². The molecular weight excluding hydrogens is 460 g/mol. The molecular formula is C28H33ClN4O2. The van der Waals surface area contributed by atoms with Gasteiger partial charge in [-0.1, -0.05) is 36.4 Å². The first-order valence-corrected chi connectivity index (χ1v) is 11.9. The zero-order valence-electron chi connectivity index (χ0n) is 20.9. The van der Waals surface area contributed by atoms with Crippen LogP contribution in [0.15, 0.2) is 48.5 Å². The molecule has 0 aliphatic heterocycles.